The van der Waals surface area contributed by atoms with Crippen LogP contribution < -0.4 is 5.32 Å². The van der Waals surface area contributed by atoms with Crippen molar-refractivity contribution >= 4 is 17.7 Å². The molecule has 0 aromatic heterocycles. The van der Waals surface area contributed by atoms with Gasteiger partial charge in [-0.15, -0.1) is 0 Å². The van der Waals surface area contributed by atoms with Gasteiger partial charge < -0.3 is 9.47 Å². The monoisotopic (exact) mass is 275 g/mol. The lowest BCUT2D eigenvalue weighted by molar-refractivity contribution is -0.0280. The second-order valence-corrected chi connectivity index (χ2v) is 5.32. The highest BCUT2D eigenvalue weighted by Crippen LogP contribution is 2.47. The molecule has 1 aromatic carbocycles. The highest BCUT2D eigenvalue weighted by atomic mass is 16.6. The van der Waals surface area contributed by atoms with Gasteiger partial charge in [0.05, 0.1) is 12.7 Å². The van der Waals surface area contributed by atoms with Gasteiger partial charge in [-0.1, -0.05) is 12.5 Å². The Labute approximate surface area is 117 Å². The smallest absolute Gasteiger partial charge is 0.411 e. The summed E-state index contributed by atoms with van der Waals surface area (Å²) in [5, 5.41) is 2.56. The molecule has 0 saturated heterocycles. The molecule has 3 rings (SSSR count). The quantitative estimate of drug-likeness (QED) is 0.799. The molecule has 0 unspecified atom stereocenters. The molecule has 1 aromatic rings. The molecule has 0 atom stereocenters. The molecule has 1 aliphatic carbocycles. The molecule has 1 amide bonds. The van der Waals surface area contributed by atoms with Crippen LogP contribution in [-0.4, -0.2) is 19.2 Å². The van der Waals surface area contributed by atoms with E-state index in [9.17, 15) is 9.59 Å². The van der Waals surface area contributed by atoms with Crippen molar-refractivity contribution in [2.75, 3.05) is 12.4 Å². The maximum atomic E-state index is 12.1. The number of hydrogen-bond donors (Lipinski definition) is 1. The third-order valence-electron chi connectivity index (χ3n) is 4.11. The van der Waals surface area contributed by atoms with Crippen LogP contribution >= 0.6 is 0 Å². The maximum absolute atomic E-state index is 12.1. The summed E-state index contributed by atoms with van der Waals surface area (Å²) in [6.45, 7) is 0. The van der Waals surface area contributed by atoms with Crippen LogP contribution in [0.4, 0.5) is 10.5 Å². The average molecular weight is 275 g/mol. The van der Waals surface area contributed by atoms with Crippen LogP contribution in [0.15, 0.2) is 18.2 Å². The summed E-state index contributed by atoms with van der Waals surface area (Å²) in [5.74, 6) is -0.296. The van der Waals surface area contributed by atoms with Crippen LogP contribution in [0.3, 0.4) is 0 Å². The molecular formula is C15H17NO4. The lowest BCUT2D eigenvalue weighted by Gasteiger charge is -2.32. The lowest BCUT2D eigenvalue weighted by atomic mass is 9.79. The topological polar surface area (TPSA) is 64.6 Å². The van der Waals surface area contributed by atoms with E-state index in [1.807, 2.05) is 6.07 Å². The third kappa shape index (κ3) is 2.03. The van der Waals surface area contributed by atoms with E-state index in [2.05, 4.69) is 10.1 Å². The number of benzene rings is 1. The Hall–Kier alpha value is -2.04. The van der Waals surface area contributed by atoms with E-state index in [0.29, 0.717) is 11.3 Å². The molecule has 106 valence electrons. The van der Waals surface area contributed by atoms with Crippen LogP contribution in [0.1, 0.15) is 48.0 Å². The fourth-order valence-corrected chi connectivity index (χ4v) is 3.14. The molecule has 1 spiro atoms. The third-order valence-corrected chi connectivity index (χ3v) is 4.11. The highest BCUT2D eigenvalue weighted by Gasteiger charge is 2.45. The van der Waals surface area contributed by atoms with Crippen molar-refractivity contribution in [1.82, 2.24) is 0 Å². The Morgan fingerprint density at radius 1 is 1.30 bits per heavy atom. The predicted molar refractivity (Wildman–Crippen MR) is 72.6 cm³/mol. The number of amides is 1. The zero-order valence-electron chi connectivity index (χ0n) is 11.4. The van der Waals surface area contributed by atoms with Crippen molar-refractivity contribution in [3.8, 4) is 0 Å². The normalized spacial score (nSPS) is 19.4. The summed E-state index contributed by atoms with van der Waals surface area (Å²) in [6.07, 6.45) is 4.56. The first kappa shape index (κ1) is 13.0. The molecule has 0 radical (unpaired) electrons. The molecule has 1 saturated carbocycles. The average Bonchev–Trinajstić information content (AvgIpc) is 2.72. The number of hydrogen-bond acceptors (Lipinski definition) is 4. The Balaban J connectivity index is 1.94. The molecule has 5 heteroatoms. The number of methoxy groups -OCH3 is 1. The van der Waals surface area contributed by atoms with Crippen LogP contribution in [0.25, 0.3) is 0 Å². The summed E-state index contributed by atoms with van der Waals surface area (Å²) >= 11 is 0. The van der Waals surface area contributed by atoms with Gasteiger partial charge >= 0.3 is 12.1 Å². The van der Waals surface area contributed by atoms with Gasteiger partial charge in [0.2, 0.25) is 0 Å². The largest absolute Gasteiger partial charge is 0.453 e. The SMILES string of the molecule is COC(=O)Nc1ccc2c(c1)C(=O)OC21CCCCC1. The van der Waals surface area contributed by atoms with Gasteiger partial charge in [-0.2, -0.15) is 0 Å². The van der Waals surface area contributed by atoms with Gasteiger partial charge in [0.25, 0.3) is 0 Å². The van der Waals surface area contributed by atoms with E-state index in [1.54, 1.807) is 12.1 Å². The molecular weight excluding hydrogens is 258 g/mol. The summed E-state index contributed by atoms with van der Waals surface area (Å²) in [5.41, 5.74) is 1.62. The molecule has 1 heterocycles. The number of anilines is 1. The predicted octanol–water partition coefficient (Wildman–Crippen LogP) is 3.19. The minimum Gasteiger partial charge on any atom is -0.453 e. The molecule has 20 heavy (non-hydrogen) atoms. The number of ether oxygens (including phenoxy) is 2. The number of carbonyl (C=O) groups is 2. The minimum atomic E-state index is -0.552. The van der Waals surface area contributed by atoms with Crippen molar-refractivity contribution in [2.45, 2.75) is 37.7 Å². The summed E-state index contributed by atoms with van der Waals surface area (Å²) in [7, 11) is 1.30. The van der Waals surface area contributed by atoms with Crippen molar-refractivity contribution in [3.63, 3.8) is 0 Å². The van der Waals surface area contributed by atoms with Gasteiger partial charge in [0.15, 0.2) is 0 Å². The molecule has 5 nitrogen and oxygen atoms in total. The standard InChI is InChI=1S/C15H17NO4/c1-19-14(18)16-10-5-6-12-11(9-10)13(17)20-15(12)7-3-2-4-8-15/h5-6,9H,2-4,7-8H2,1H3,(H,16,18). The van der Waals surface area contributed by atoms with Crippen LogP contribution in [0, 0.1) is 0 Å². The van der Waals surface area contributed by atoms with E-state index >= 15 is 0 Å². The molecule has 1 aliphatic heterocycles. The number of fused-ring (bicyclic) bond motifs is 2. The Kier molecular flexibility index (Phi) is 3.12. The van der Waals surface area contributed by atoms with Gasteiger partial charge in [0, 0.05) is 11.3 Å². The van der Waals surface area contributed by atoms with Crippen LogP contribution in [-0.2, 0) is 15.1 Å². The van der Waals surface area contributed by atoms with Crippen molar-refractivity contribution in [3.05, 3.63) is 29.3 Å². The van der Waals surface area contributed by atoms with Gasteiger partial charge in [-0.3, -0.25) is 5.32 Å². The second kappa shape index (κ2) is 4.81. The van der Waals surface area contributed by atoms with Gasteiger partial charge in [-0.05, 0) is 37.8 Å². The van der Waals surface area contributed by atoms with E-state index in [0.717, 1.165) is 31.2 Å². The first-order valence-corrected chi connectivity index (χ1v) is 6.87. The van der Waals surface area contributed by atoms with E-state index in [-0.39, 0.29) is 5.97 Å². The van der Waals surface area contributed by atoms with Crippen LogP contribution in [0.2, 0.25) is 0 Å². The maximum Gasteiger partial charge on any atom is 0.411 e. The second-order valence-electron chi connectivity index (χ2n) is 5.32. The Bertz CT molecular complexity index is 561. The first-order chi connectivity index (χ1) is 9.64. The van der Waals surface area contributed by atoms with Crippen LogP contribution in [0.5, 0.6) is 0 Å². The number of nitrogens with one attached hydrogen (secondary N) is 1. The molecule has 0 bridgehead atoms. The molecule has 1 fully saturated rings. The van der Waals surface area contributed by atoms with E-state index in [4.69, 9.17) is 4.74 Å². The summed E-state index contributed by atoms with van der Waals surface area (Å²) in [4.78, 5) is 23.3. The minimum absolute atomic E-state index is 0.296. The molecule has 2 aliphatic rings. The summed E-state index contributed by atoms with van der Waals surface area (Å²) in [6, 6.07) is 5.34. The Morgan fingerprint density at radius 2 is 2.05 bits per heavy atom. The highest BCUT2D eigenvalue weighted by molar-refractivity contribution is 5.97. The number of carbonyl (C=O) groups excluding carboxylic acids is 2. The zero-order valence-corrected chi connectivity index (χ0v) is 11.4. The van der Waals surface area contributed by atoms with Gasteiger partial charge in [0.1, 0.15) is 5.60 Å². The van der Waals surface area contributed by atoms with Crippen molar-refractivity contribution in [1.29, 1.82) is 0 Å². The summed E-state index contributed by atoms with van der Waals surface area (Å²) < 4.78 is 10.2. The van der Waals surface area contributed by atoms with Crippen molar-refractivity contribution < 1.29 is 19.1 Å². The van der Waals surface area contributed by atoms with Gasteiger partial charge in [-0.25, -0.2) is 9.59 Å². The Morgan fingerprint density at radius 3 is 2.75 bits per heavy atom. The number of rotatable bonds is 1. The molecule has 1 N–H and O–H groups in total. The zero-order chi connectivity index (χ0) is 14.2. The van der Waals surface area contributed by atoms with Crippen molar-refractivity contribution in [2.24, 2.45) is 0 Å². The fourth-order valence-electron chi connectivity index (χ4n) is 3.14. The van der Waals surface area contributed by atoms with E-state index < -0.39 is 11.7 Å². The number of esters is 1. The first-order valence-electron chi connectivity index (χ1n) is 6.87. The van der Waals surface area contributed by atoms with E-state index in [1.165, 1.54) is 13.5 Å². The lowest BCUT2D eigenvalue weighted by Crippen LogP contribution is -2.28. The fraction of sp³-hybridized carbons (Fsp3) is 0.467.